The second-order valence-corrected chi connectivity index (χ2v) is 13.4. The molecule has 1 fully saturated rings. The number of hydrogen-bond acceptors (Lipinski definition) is 2. The molecule has 2 heteroatoms. The number of benzene rings is 3. The SMILES string of the molecule is CC(C)(C)Cc1ccc(-c2cc(-c3cc(C(C)(C)C)c4ccccc4c3)ncc2C2(C#N)CCCC2)cc1. The first-order valence-electron chi connectivity index (χ1n) is 14.0. The summed E-state index contributed by atoms with van der Waals surface area (Å²) in [7, 11) is 0. The maximum Gasteiger partial charge on any atom is 0.0843 e. The first kappa shape index (κ1) is 26.2. The van der Waals surface area contributed by atoms with E-state index in [1.807, 2.05) is 6.20 Å². The quantitative estimate of drug-likeness (QED) is 0.279. The standard InChI is InChI=1S/C36H40N2/c1-34(2,3)22-25-13-15-26(16-14-25)30-21-33(38-23-32(30)36(24-37)17-9-10-18-36)28-19-27-11-7-8-12-29(27)31(20-28)35(4,5)6/h7-8,11-16,19-21,23H,9-10,17-18,22H2,1-6H3. The van der Waals surface area contributed by atoms with Gasteiger partial charge in [-0.25, -0.2) is 0 Å². The van der Waals surface area contributed by atoms with Crippen LogP contribution in [-0.4, -0.2) is 4.98 Å². The maximum absolute atomic E-state index is 10.4. The molecule has 0 amide bonds. The summed E-state index contributed by atoms with van der Waals surface area (Å²) in [6.45, 7) is 13.7. The van der Waals surface area contributed by atoms with Gasteiger partial charge in [0.05, 0.1) is 17.2 Å². The van der Waals surface area contributed by atoms with Gasteiger partial charge in [-0.05, 0) is 86.9 Å². The predicted molar refractivity (Wildman–Crippen MR) is 160 cm³/mol. The van der Waals surface area contributed by atoms with Crippen LogP contribution in [0.15, 0.2) is 72.9 Å². The summed E-state index contributed by atoms with van der Waals surface area (Å²) in [5.41, 5.74) is 7.96. The lowest BCUT2D eigenvalue weighted by Gasteiger charge is -2.25. The highest BCUT2D eigenvalue weighted by Crippen LogP contribution is 2.45. The Balaban J connectivity index is 1.69. The molecule has 194 valence electrons. The van der Waals surface area contributed by atoms with E-state index >= 15 is 0 Å². The molecule has 0 N–H and O–H groups in total. The van der Waals surface area contributed by atoms with Gasteiger partial charge in [-0.3, -0.25) is 4.98 Å². The molecule has 5 rings (SSSR count). The number of pyridine rings is 1. The minimum absolute atomic E-state index is 0.00990. The van der Waals surface area contributed by atoms with Crippen LogP contribution in [0.4, 0.5) is 0 Å². The van der Waals surface area contributed by atoms with Gasteiger partial charge in [-0.1, -0.05) is 103 Å². The zero-order valence-electron chi connectivity index (χ0n) is 23.9. The van der Waals surface area contributed by atoms with Crippen LogP contribution in [-0.2, 0) is 17.3 Å². The second kappa shape index (κ2) is 9.70. The number of rotatable bonds is 4. The van der Waals surface area contributed by atoms with Crippen molar-refractivity contribution < 1.29 is 0 Å². The lowest BCUT2D eigenvalue weighted by Crippen LogP contribution is -2.21. The smallest absolute Gasteiger partial charge is 0.0843 e. The van der Waals surface area contributed by atoms with Crippen LogP contribution in [0, 0.1) is 16.7 Å². The first-order valence-corrected chi connectivity index (χ1v) is 14.0. The average molecular weight is 501 g/mol. The molecule has 0 bridgehead atoms. The van der Waals surface area contributed by atoms with Crippen LogP contribution in [0.25, 0.3) is 33.2 Å². The Bertz CT molecular complexity index is 1500. The van der Waals surface area contributed by atoms with Gasteiger partial charge < -0.3 is 0 Å². The number of nitrogens with zero attached hydrogens (tertiary/aromatic N) is 2. The van der Waals surface area contributed by atoms with E-state index in [0.29, 0.717) is 0 Å². The second-order valence-electron chi connectivity index (χ2n) is 13.4. The monoisotopic (exact) mass is 500 g/mol. The fourth-order valence-corrected chi connectivity index (χ4v) is 6.15. The van der Waals surface area contributed by atoms with Crippen LogP contribution >= 0.6 is 0 Å². The number of nitriles is 1. The molecule has 0 radical (unpaired) electrons. The van der Waals surface area contributed by atoms with E-state index < -0.39 is 5.41 Å². The molecule has 0 atom stereocenters. The molecular formula is C36H40N2. The summed E-state index contributed by atoms with van der Waals surface area (Å²) >= 11 is 0. The van der Waals surface area contributed by atoms with E-state index in [2.05, 4.69) is 114 Å². The minimum Gasteiger partial charge on any atom is -0.256 e. The third kappa shape index (κ3) is 5.12. The highest BCUT2D eigenvalue weighted by Gasteiger charge is 2.38. The van der Waals surface area contributed by atoms with E-state index in [9.17, 15) is 5.26 Å². The van der Waals surface area contributed by atoms with E-state index in [0.717, 1.165) is 54.5 Å². The molecule has 2 nitrogen and oxygen atoms in total. The van der Waals surface area contributed by atoms with Gasteiger partial charge >= 0.3 is 0 Å². The average Bonchev–Trinajstić information content (AvgIpc) is 3.37. The zero-order chi connectivity index (χ0) is 27.1. The van der Waals surface area contributed by atoms with Crippen molar-refractivity contribution in [1.82, 2.24) is 4.98 Å². The summed E-state index contributed by atoms with van der Waals surface area (Å²) in [6.07, 6.45) is 7.05. The van der Waals surface area contributed by atoms with Crippen LogP contribution in [0.1, 0.15) is 83.9 Å². The number of aromatic nitrogens is 1. The normalized spacial score (nSPS) is 15.5. The van der Waals surface area contributed by atoms with Crippen molar-refractivity contribution in [1.29, 1.82) is 5.26 Å². The Hall–Kier alpha value is -3.44. The fourth-order valence-electron chi connectivity index (χ4n) is 6.15. The van der Waals surface area contributed by atoms with E-state index in [1.54, 1.807) is 0 Å². The third-order valence-electron chi connectivity index (χ3n) is 8.06. The largest absolute Gasteiger partial charge is 0.256 e. The Morgan fingerprint density at radius 2 is 1.53 bits per heavy atom. The summed E-state index contributed by atoms with van der Waals surface area (Å²) in [6, 6.07) is 27.2. The van der Waals surface area contributed by atoms with Gasteiger partial charge in [0.15, 0.2) is 0 Å². The lowest BCUT2D eigenvalue weighted by atomic mass is 9.77. The van der Waals surface area contributed by atoms with Gasteiger partial charge in [0.1, 0.15) is 0 Å². The van der Waals surface area contributed by atoms with Gasteiger partial charge in [0.25, 0.3) is 0 Å². The Morgan fingerprint density at radius 3 is 2.16 bits per heavy atom. The molecule has 0 spiro atoms. The van der Waals surface area contributed by atoms with Crippen LogP contribution < -0.4 is 0 Å². The molecule has 38 heavy (non-hydrogen) atoms. The summed E-state index contributed by atoms with van der Waals surface area (Å²) < 4.78 is 0. The maximum atomic E-state index is 10.4. The Kier molecular flexibility index (Phi) is 6.68. The number of hydrogen-bond donors (Lipinski definition) is 0. The molecule has 4 aromatic rings. The topological polar surface area (TPSA) is 36.7 Å². The molecule has 1 aliphatic carbocycles. The van der Waals surface area contributed by atoms with E-state index in [4.69, 9.17) is 4.98 Å². The third-order valence-corrected chi connectivity index (χ3v) is 8.06. The fraction of sp³-hybridized carbons (Fsp3) is 0.389. The van der Waals surface area contributed by atoms with Crippen LogP contribution in [0.2, 0.25) is 0 Å². The van der Waals surface area contributed by atoms with Gasteiger partial charge in [0, 0.05) is 11.8 Å². The molecule has 1 aromatic heterocycles. The molecule has 1 heterocycles. The molecule has 0 unspecified atom stereocenters. The van der Waals surface area contributed by atoms with Gasteiger partial charge in [0.2, 0.25) is 0 Å². The van der Waals surface area contributed by atoms with Crippen molar-refractivity contribution in [2.24, 2.45) is 5.41 Å². The molecule has 1 saturated carbocycles. The summed E-state index contributed by atoms with van der Waals surface area (Å²) in [4.78, 5) is 5.02. The van der Waals surface area contributed by atoms with Crippen LogP contribution in [0.5, 0.6) is 0 Å². The number of fused-ring (bicyclic) bond motifs is 1. The van der Waals surface area contributed by atoms with Gasteiger partial charge in [-0.2, -0.15) is 5.26 Å². The summed E-state index contributed by atoms with van der Waals surface area (Å²) in [5.74, 6) is 0. The van der Waals surface area contributed by atoms with Crippen molar-refractivity contribution in [2.75, 3.05) is 0 Å². The van der Waals surface area contributed by atoms with Gasteiger partial charge in [-0.15, -0.1) is 0 Å². The van der Waals surface area contributed by atoms with Crippen molar-refractivity contribution in [3.05, 3.63) is 89.6 Å². The first-order chi connectivity index (χ1) is 18.0. The molecule has 0 saturated heterocycles. The van der Waals surface area contributed by atoms with Crippen LogP contribution in [0.3, 0.4) is 0 Å². The van der Waals surface area contributed by atoms with Crippen molar-refractivity contribution in [3.8, 4) is 28.5 Å². The molecule has 1 aliphatic rings. The van der Waals surface area contributed by atoms with E-state index in [1.165, 1.54) is 27.5 Å². The van der Waals surface area contributed by atoms with Crippen molar-refractivity contribution >= 4 is 10.8 Å². The zero-order valence-corrected chi connectivity index (χ0v) is 23.9. The highest BCUT2D eigenvalue weighted by molar-refractivity contribution is 5.91. The summed E-state index contributed by atoms with van der Waals surface area (Å²) in [5, 5.41) is 12.9. The van der Waals surface area contributed by atoms with Crippen molar-refractivity contribution in [2.45, 2.75) is 84.5 Å². The molecule has 3 aromatic carbocycles. The van der Waals surface area contributed by atoms with E-state index in [-0.39, 0.29) is 10.8 Å². The molecule has 0 aliphatic heterocycles. The Labute approximate surface area is 228 Å². The highest BCUT2D eigenvalue weighted by atomic mass is 14.7. The van der Waals surface area contributed by atoms with Crippen molar-refractivity contribution in [3.63, 3.8) is 0 Å². The predicted octanol–water partition coefficient (Wildman–Crippen LogP) is 9.79. The molecular weight excluding hydrogens is 460 g/mol. The Morgan fingerprint density at radius 1 is 0.842 bits per heavy atom. The lowest BCUT2D eigenvalue weighted by molar-refractivity contribution is 0.411. The minimum atomic E-state index is -0.453.